The molecular formula is C20H32BN2O3P. The molecule has 7 heteroatoms. The van der Waals surface area contributed by atoms with Gasteiger partial charge in [0.2, 0.25) is 5.91 Å². The normalized spacial score (nSPS) is 32.8. The number of carbonyl (C=O) groups is 1. The Kier molecular flexibility index (Phi) is 6.96. The average molecular weight is 390 g/mol. The Morgan fingerprint density at radius 3 is 2.74 bits per heavy atom. The summed E-state index contributed by atoms with van der Waals surface area (Å²) < 4.78 is 12.2. The third-order valence-corrected chi connectivity index (χ3v) is 6.86. The highest BCUT2D eigenvalue weighted by molar-refractivity contribution is 7.13. The van der Waals surface area contributed by atoms with E-state index in [1.54, 1.807) is 0 Å². The van der Waals surface area contributed by atoms with Crippen LogP contribution in [-0.4, -0.2) is 37.7 Å². The molecule has 4 aliphatic rings. The number of hydrogen-bond donors (Lipinski definition) is 2. The standard InChI is InChI=1S/C20H32BN2O3P/c1-4-5-6-7-8-9-10-16(23-27)19(24)22-13-21-25-17-12-14-11-15(18(17)26-21)20(14,2)3/h4-9,14-18,23H,10-13,27H2,1-3H3,(H,22,24)/b5-4-,7-6-,9-8+. The highest BCUT2D eigenvalue weighted by atomic mass is 31.0. The maximum Gasteiger partial charge on any atom is 0.478 e. The molecule has 0 radical (unpaired) electrons. The summed E-state index contributed by atoms with van der Waals surface area (Å²) in [7, 11) is 2.10. The first kappa shape index (κ1) is 20.8. The number of allylic oxidation sites excluding steroid dienone is 5. The first-order chi connectivity index (χ1) is 13.0. The molecule has 2 bridgehead atoms. The van der Waals surface area contributed by atoms with Gasteiger partial charge in [-0.25, -0.2) is 0 Å². The Morgan fingerprint density at radius 1 is 1.26 bits per heavy atom. The zero-order chi connectivity index (χ0) is 19.4. The monoisotopic (exact) mass is 390 g/mol. The summed E-state index contributed by atoms with van der Waals surface area (Å²) in [6, 6.07) is -0.295. The van der Waals surface area contributed by atoms with Crippen LogP contribution in [0.2, 0.25) is 0 Å². The third kappa shape index (κ3) is 4.56. The summed E-state index contributed by atoms with van der Waals surface area (Å²) in [5.41, 5.74) is 0.366. The number of nitrogens with one attached hydrogen (secondary N) is 2. The van der Waals surface area contributed by atoms with Crippen LogP contribution in [0.15, 0.2) is 36.5 Å². The van der Waals surface area contributed by atoms with E-state index < -0.39 is 0 Å². The van der Waals surface area contributed by atoms with Gasteiger partial charge in [0, 0.05) is 0 Å². The van der Waals surface area contributed by atoms with E-state index in [0.717, 1.165) is 12.3 Å². The molecule has 1 saturated heterocycles. The third-order valence-electron chi connectivity index (χ3n) is 6.46. The maximum absolute atomic E-state index is 12.4. The van der Waals surface area contributed by atoms with Gasteiger partial charge in [-0.3, -0.25) is 9.88 Å². The molecule has 2 N–H and O–H groups in total. The Balaban J connectivity index is 1.42. The molecule has 0 aromatic heterocycles. The minimum Gasteiger partial charge on any atom is -0.405 e. The van der Waals surface area contributed by atoms with Gasteiger partial charge in [-0.2, -0.15) is 0 Å². The van der Waals surface area contributed by atoms with E-state index in [9.17, 15) is 4.79 Å². The van der Waals surface area contributed by atoms with Crippen molar-refractivity contribution in [2.75, 3.05) is 6.44 Å². The largest absolute Gasteiger partial charge is 0.478 e. The molecule has 5 nitrogen and oxygen atoms in total. The van der Waals surface area contributed by atoms with Crippen molar-refractivity contribution < 1.29 is 14.1 Å². The lowest BCUT2D eigenvalue weighted by atomic mass is 9.47. The SMILES string of the molecule is C\C=C/C=C\C=C\CC(NP)C(=O)NCB1OC2CC3CC(C2O1)C3(C)C. The van der Waals surface area contributed by atoms with Crippen LogP contribution >= 0.6 is 9.39 Å². The van der Waals surface area contributed by atoms with Crippen LogP contribution in [-0.2, 0) is 14.1 Å². The number of rotatable bonds is 8. The lowest BCUT2D eigenvalue weighted by Gasteiger charge is -2.60. The molecule has 6 atom stereocenters. The van der Waals surface area contributed by atoms with E-state index in [1.807, 2.05) is 43.4 Å². The molecule has 4 fully saturated rings. The molecule has 0 spiro atoms. The first-order valence-corrected chi connectivity index (χ1v) is 10.5. The molecule has 1 aliphatic heterocycles. The Labute approximate surface area is 165 Å². The molecule has 6 unspecified atom stereocenters. The molecular weight excluding hydrogens is 358 g/mol. The Hall–Kier alpha value is -0.935. The predicted octanol–water partition coefficient (Wildman–Crippen LogP) is 2.81. The van der Waals surface area contributed by atoms with Crippen molar-refractivity contribution in [1.29, 1.82) is 0 Å². The van der Waals surface area contributed by atoms with E-state index in [2.05, 4.69) is 33.6 Å². The molecule has 1 amide bonds. The fraction of sp³-hybridized carbons (Fsp3) is 0.650. The minimum absolute atomic E-state index is 0.0428. The van der Waals surface area contributed by atoms with Gasteiger partial charge in [-0.15, -0.1) is 0 Å². The summed E-state index contributed by atoms with van der Waals surface area (Å²) in [6.45, 7) is 6.66. The van der Waals surface area contributed by atoms with Crippen molar-refractivity contribution in [2.45, 2.75) is 58.3 Å². The topological polar surface area (TPSA) is 59.6 Å². The lowest BCUT2D eigenvalue weighted by molar-refractivity contribution is -0.150. The van der Waals surface area contributed by atoms with Crippen molar-refractivity contribution >= 4 is 22.4 Å². The van der Waals surface area contributed by atoms with Gasteiger partial charge >= 0.3 is 7.12 Å². The fourth-order valence-corrected chi connectivity index (χ4v) is 4.88. The first-order valence-electron chi connectivity index (χ1n) is 9.96. The summed E-state index contributed by atoms with van der Waals surface area (Å²) in [6.07, 6.45) is 15.5. The van der Waals surface area contributed by atoms with Gasteiger partial charge in [0.25, 0.3) is 0 Å². The predicted molar refractivity (Wildman–Crippen MR) is 113 cm³/mol. The molecule has 3 saturated carbocycles. The Morgan fingerprint density at radius 2 is 2.04 bits per heavy atom. The summed E-state index contributed by atoms with van der Waals surface area (Å²) in [4.78, 5) is 12.4. The van der Waals surface area contributed by atoms with Gasteiger partial charge in [-0.1, -0.05) is 59.7 Å². The van der Waals surface area contributed by atoms with Crippen LogP contribution in [0.1, 0.15) is 40.0 Å². The molecule has 148 valence electrons. The van der Waals surface area contributed by atoms with E-state index in [1.165, 1.54) is 6.42 Å². The molecule has 1 heterocycles. The second-order valence-corrected chi connectivity index (χ2v) is 8.67. The quantitative estimate of drug-likeness (QED) is 0.380. The van der Waals surface area contributed by atoms with Gasteiger partial charge in [0.15, 0.2) is 0 Å². The van der Waals surface area contributed by atoms with Crippen LogP contribution in [0.4, 0.5) is 0 Å². The molecule has 3 aliphatic carbocycles. The highest BCUT2D eigenvalue weighted by Crippen LogP contribution is 2.61. The maximum atomic E-state index is 12.4. The van der Waals surface area contributed by atoms with E-state index >= 15 is 0 Å². The summed E-state index contributed by atoms with van der Waals surface area (Å²) in [5, 5.41) is 5.96. The van der Waals surface area contributed by atoms with Crippen LogP contribution in [0.3, 0.4) is 0 Å². The van der Waals surface area contributed by atoms with Crippen molar-refractivity contribution in [3.63, 3.8) is 0 Å². The fourth-order valence-electron chi connectivity index (χ4n) is 4.59. The van der Waals surface area contributed by atoms with Crippen molar-refractivity contribution in [2.24, 2.45) is 17.3 Å². The Bertz CT molecular complexity index is 622. The molecule has 27 heavy (non-hydrogen) atoms. The molecule has 0 aromatic carbocycles. The van der Waals surface area contributed by atoms with Gasteiger partial charge < -0.3 is 14.6 Å². The number of amides is 1. The van der Waals surface area contributed by atoms with Crippen molar-refractivity contribution in [3.8, 4) is 0 Å². The van der Waals surface area contributed by atoms with Crippen LogP contribution in [0, 0.1) is 17.3 Å². The second kappa shape index (κ2) is 9.04. The highest BCUT2D eigenvalue weighted by Gasteiger charge is 2.61. The molecule has 0 aromatic rings. The van der Waals surface area contributed by atoms with Gasteiger partial charge in [-0.05, 0) is 43.4 Å². The number of carbonyl (C=O) groups excluding carboxylic acids is 1. The van der Waals surface area contributed by atoms with E-state index in [4.69, 9.17) is 9.31 Å². The van der Waals surface area contributed by atoms with Crippen molar-refractivity contribution in [3.05, 3.63) is 36.5 Å². The second-order valence-electron chi connectivity index (χ2n) is 8.34. The van der Waals surface area contributed by atoms with Crippen LogP contribution in [0.5, 0.6) is 0 Å². The zero-order valence-electron chi connectivity index (χ0n) is 16.6. The van der Waals surface area contributed by atoms with Crippen LogP contribution < -0.4 is 10.4 Å². The van der Waals surface area contributed by atoms with E-state index in [0.29, 0.717) is 24.2 Å². The summed E-state index contributed by atoms with van der Waals surface area (Å²) >= 11 is 0. The van der Waals surface area contributed by atoms with Crippen molar-refractivity contribution in [1.82, 2.24) is 10.4 Å². The van der Waals surface area contributed by atoms with Gasteiger partial charge in [0.05, 0.1) is 24.7 Å². The number of hydrogen-bond acceptors (Lipinski definition) is 4. The van der Waals surface area contributed by atoms with Crippen LogP contribution in [0.25, 0.3) is 0 Å². The van der Waals surface area contributed by atoms with Gasteiger partial charge in [0.1, 0.15) is 0 Å². The lowest BCUT2D eigenvalue weighted by Crippen LogP contribution is -2.59. The van der Waals surface area contributed by atoms with E-state index in [-0.39, 0.29) is 31.3 Å². The zero-order valence-corrected chi connectivity index (χ0v) is 17.7. The molecule has 4 rings (SSSR count). The minimum atomic E-state index is -0.330. The summed E-state index contributed by atoms with van der Waals surface area (Å²) in [5.74, 6) is 1.29. The average Bonchev–Trinajstić information content (AvgIpc) is 3.08. The smallest absolute Gasteiger partial charge is 0.405 e.